The number of rotatable bonds is 4. The Hall–Kier alpha value is -2.00. The number of carbonyl (C=O) groups is 1. The zero-order chi connectivity index (χ0) is 14.1. The van der Waals surface area contributed by atoms with E-state index in [9.17, 15) is 23.3 Å². The SMILES string of the molecule is CC(O)S(=O)(=O)c1c(C(=O)O)cccc1[N+](=O)[O-]. The average Bonchev–Trinajstić information content (AvgIpc) is 2.27. The quantitative estimate of drug-likeness (QED) is 0.599. The van der Waals surface area contributed by atoms with Crippen LogP contribution < -0.4 is 0 Å². The highest BCUT2D eigenvalue weighted by atomic mass is 32.2. The van der Waals surface area contributed by atoms with E-state index in [1.54, 1.807) is 0 Å². The molecule has 0 saturated heterocycles. The van der Waals surface area contributed by atoms with Gasteiger partial charge in [0.15, 0.2) is 10.3 Å². The summed E-state index contributed by atoms with van der Waals surface area (Å²) in [7, 11) is -4.50. The Bertz CT molecular complexity index is 573. The molecule has 1 aromatic carbocycles. The summed E-state index contributed by atoms with van der Waals surface area (Å²) in [6, 6.07) is 2.84. The van der Waals surface area contributed by atoms with E-state index in [0.717, 1.165) is 25.1 Å². The normalized spacial score (nSPS) is 13.0. The second kappa shape index (κ2) is 4.70. The molecule has 0 aromatic heterocycles. The number of carboxylic acids is 1. The van der Waals surface area contributed by atoms with Crippen LogP contribution in [0.2, 0.25) is 0 Å². The fraction of sp³-hybridized carbons (Fsp3) is 0.222. The van der Waals surface area contributed by atoms with Gasteiger partial charge in [0.25, 0.3) is 5.69 Å². The molecule has 0 spiro atoms. The molecule has 18 heavy (non-hydrogen) atoms. The third-order valence-corrected chi connectivity index (χ3v) is 4.05. The Morgan fingerprint density at radius 1 is 1.44 bits per heavy atom. The van der Waals surface area contributed by atoms with E-state index in [0.29, 0.717) is 0 Å². The topological polar surface area (TPSA) is 135 Å². The minimum atomic E-state index is -4.50. The number of benzene rings is 1. The van der Waals surface area contributed by atoms with Crippen molar-refractivity contribution in [1.82, 2.24) is 0 Å². The second-order valence-electron chi connectivity index (χ2n) is 3.36. The molecule has 0 bridgehead atoms. The van der Waals surface area contributed by atoms with Crippen molar-refractivity contribution >= 4 is 21.5 Å². The van der Waals surface area contributed by atoms with E-state index in [1.807, 2.05) is 0 Å². The van der Waals surface area contributed by atoms with Crippen molar-refractivity contribution in [1.29, 1.82) is 0 Å². The summed E-state index contributed by atoms with van der Waals surface area (Å²) >= 11 is 0. The van der Waals surface area contributed by atoms with Gasteiger partial charge in [0, 0.05) is 6.07 Å². The summed E-state index contributed by atoms with van der Waals surface area (Å²) in [5.74, 6) is -1.63. The number of aliphatic hydroxyl groups is 1. The zero-order valence-electron chi connectivity index (χ0n) is 9.10. The smallest absolute Gasteiger partial charge is 0.337 e. The van der Waals surface area contributed by atoms with Gasteiger partial charge in [-0.1, -0.05) is 6.07 Å². The van der Waals surface area contributed by atoms with Gasteiger partial charge in [0.05, 0.1) is 10.5 Å². The third kappa shape index (κ3) is 2.31. The summed E-state index contributed by atoms with van der Waals surface area (Å²) in [5, 5.41) is 28.7. The van der Waals surface area contributed by atoms with Gasteiger partial charge in [0.2, 0.25) is 9.84 Å². The molecular weight excluding hydrogens is 266 g/mol. The van der Waals surface area contributed by atoms with Crippen molar-refractivity contribution in [3.05, 3.63) is 33.9 Å². The molecule has 0 fully saturated rings. The largest absolute Gasteiger partial charge is 0.478 e. The van der Waals surface area contributed by atoms with Gasteiger partial charge in [-0.15, -0.1) is 0 Å². The molecule has 9 heteroatoms. The van der Waals surface area contributed by atoms with Gasteiger partial charge < -0.3 is 10.2 Å². The van der Waals surface area contributed by atoms with Crippen LogP contribution in [0.5, 0.6) is 0 Å². The average molecular weight is 275 g/mol. The number of hydrogen-bond donors (Lipinski definition) is 2. The predicted molar refractivity (Wildman–Crippen MR) is 58.9 cm³/mol. The standard InChI is InChI=1S/C9H9NO7S/c1-5(11)18(16,17)8-6(9(12)13)3-2-4-7(8)10(14)15/h2-5,11H,1H3,(H,12,13). The summed E-state index contributed by atoms with van der Waals surface area (Å²) in [6.45, 7) is 0.887. The molecule has 0 aliphatic rings. The lowest BCUT2D eigenvalue weighted by molar-refractivity contribution is -0.387. The fourth-order valence-corrected chi connectivity index (χ4v) is 2.54. The molecule has 1 rings (SSSR count). The lowest BCUT2D eigenvalue weighted by Gasteiger charge is -2.10. The highest BCUT2D eigenvalue weighted by Crippen LogP contribution is 2.29. The van der Waals surface area contributed by atoms with Crippen molar-refractivity contribution in [2.45, 2.75) is 17.3 Å². The molecule has 0 radical (unpaired) electrons. The Balaban J connectivity index is 3.78. The summed E-state index contributed by atoms with van der Waals surface area (Å²) < 4.78 is 23.5. The van der Waals surface area contributed by atoms with Gasteiger partial charge >= 0.3 is 5.97 Å². The van der Waals surface area contributed by atoms with Crippen molar-refractivity contribution in [2.24, 2.45) is 0 Å². The van der Waals surface area contributed by atoms with E-state index in [4.69, 9.17) is 10.2 Å². The van der Waals surface area contributed by atoms with E-state index in [-0.39, 0.29) is 0 Å². The van der Waals surface area contributed by atoms with Crippen LogP contribution in [0.15, 0.2) is 23.1 Å². The number of sulfone groups is 1. The lowest BCUT2D eigenvalue weighted by Crippen LogP contribution is -2.21. The number of nitro benzene ring substituents is 1. The predicted octanol–water partition coefficient (Wildman–Crippen LogP) is 0.405. The molecule has 0 amide bonds. The van der Waals surface area contributed by atoms with Crippen LogP contribution >= 0.6 is 0 Å². The van der Waals surface area contributed by atoms with Crippen LogP contribution in [0.3, 0.4) is 0 Å². The molecule has 1 atom stereocenters. The van der Waals surface area contributed by atoms with Gasteiger partial charge in [-0.25, -0.2) is 13.2 Å². The van der Waals surface area contributed by atoms with Crippen molar-refractivity contribution in [2.75, 3.05) is 0 Å². The molecule has 98 valence electrons. The Kier molecular flexibility index (Phi) is 3.67. The third-order valence-electron chi connectivity index (χ3n) is 2.15. The summed E-state index contributed by atoms with van der Waals surface area (Å²) in [4.78, 5) is 19.6. The first-order chi connectivity index (χ1) is 8.19. The van der Waals surface area contributed by atoms with E-state index >= 15 is 0 Å². The summed E-state index contributed by atoms with van der Waals surface area (Å²) in [5.41, 5.74) is -3.57. The zero-order valence-corrected chi connectivity index (χ0v) is 9.92. The van der Waals surface area contributed by atoms with Crippen LogP contribution in [0.1, 0.15) is 17.3 Å². The van der Waals surface area contributed by atoms with Crippen LogP contribution in [0.4, 0.5) is 5.69 Å². The van der Waals surface area contributed by atoms with E-state index in [1.165, 1.54) is 0 Å². The second-order valence-corrected chi connectivity index (χ2v) is 5.54. The molecule has 0 aliphatic heterocycles. The van der Waals surface area contributed by atoms with Gasteiger partial charge in [-0.2, -0.15) is 0 Å². The number of hydrogen-bond acceptors (Lipinski definition) is 6. The molecular formula is C9H9NO7S. The Morgan fingerprint density at radius 2 is 2.00 bits per heavy atom. The van der Waals surface area contributed by atoms with Gasteiger partial charge in [0.1, 0.15) is 0 Å². The van der Waals surface area contributed by atoms with Gasteiger partial charge in [-0.05, 0) is 13.0 Å². The highest BCUT2D eigenvalue weighted by molar-refractivity contribution is 7.92. The first-order valence-corrected chi connectivity index (χ1v) is 6.17. The van der Waals surface area contributed by atoms with Crippen LogP contribution in [-0.4, -0.2) is 35.0 Å². The van der Waals surface area contributed by atoms with Crippen molar-refractivity contribution < 1.29 is 28.3 Å². The molecule has 1 aromatic rings. The molecule has 0 aliphatic carbocycles. The maximum Gasteiger partial charge on any atom is 0.337 e. The van der Waals surface area contributed by atoms with E-state index in [2.05, 4.69) is 0 Å². The molecule has 0 saturated carbocycles. The Morgan fingerprint density at radius 3 is 2.39 bits per heavy atom. The molecule has 1 unspecified atom stereocenters. The fourth-order valence-electron chi connectivity index (χ4n) is 1.31. The minimum absolute atomic E-state index is 0.745. The molecule has 0 heterocycles. The number of nitro groups is 1. The Labute approximate surface area is 102 Å². The number of aliphatic hydroxyl groups excluding tert-OH is 1. The first kappa shape index (κ1) is 14.1. The monoisotopic (exact) mass is 275 g/mol. The summed E-state index contributed by atoms with van der Waals surface area (Å²) in [6.07, 6.45) is 0. The van der Waals surface area contributed by atoms with Crippen molar-refractivity contribution in [3.8, 4) is 0 Å². The van der Waals surface area contributed by atoms with Crippen LogP contribution in [0, 0.1) is 10.1 Å². The van der Waals surface area contributed by atoms with E-state index < -0.39 is 42.3 Å². The lowest BCUT2D eigenvalue weighted by atomic mass is 10.2. The van der Waals surface area contributed by atoms with Gasteiger partial charge in [-0.3, -0.25) is 10.1 Å². The van der Waals surface area contributed by atoms with Crippen LogP contribution in [-0.2, 0) is 9.84 Å². The maximum absolute atomic E-state index is 11.8. The minimum Gasteiger partial charge on any atom is -0.478 e. The number of aromatic carboxylic acids is 1. The van der Waals surface area contributed by atoms with Crippen LogP contribution in [0.25, 0.3) is 0 Å². The number of carboxylic acid groups (broad SMARTS) is 1. The highest BCUT2D eigenvalue weighted by Gasteiger charge is 2.34. The first-order valence-electron chi connectivity index (χ1n) is 4.62. The molecule has 2 N–H and O–H groups in total. The van der Waals surface area contributed by atoms with Crippen molar-refractivity contribution in [3.63, 3.8) is 0 Å². The number of nitrogens with zero attached hydrogens (tertiary/aromatic N) is 1. The molecule has 8 nitrogen and oxygen atoms in total. The maximum atomic E-state index is 11.8.